The molecule has 0 saturated heterocycles. The summed E-state index contributed by atoms with van der Waals surface area (Å²) in [6.07, 6.45) is 2.77. The van der Waals surface area contributed by atoms with Crippen molar-refractivity contribution in [2.24, 2.45) is 9.98 Å². The van der Waals surface area contributed by atoms with E-state index in [0.29, 0.717) is 6.42 Å². The zero-order chi connectivity index (χ0) is 20.9. The first kappa shape index (κ1) is 20.6. The molecule has 0 radical (unpaired) electrons. The normalized spacial score (nSPS) is 13.0. The number of thioether (sulfide) groups is 1. The van der Waals surface area contributed by atoms with E-state index < -0.39 is 0 Å². The average Bonchev–Trinajstić information content (AvgIpc) is 2.98. The van der Waals surface area contributed by atoms with Gasteiger partial charge in [0.1, 0.15) is 11.5 Å². The maximum atomic E-state index is 5.29. The lowest BCUT2D eigenvalue weighted by Crippen LogP contribution is -2.05. The molecule has 6 heteroatoms. The van der Waals surface area contributed by atoms with E-state index in [4.69, 9.17) is 19.5 Å². The summed E-state index contributed by atoms with van der Waals surface area (Å²) in [6, 6.07) is 22.4. The standard InChI is InChI=1S/C24H22N2O2S2/c1-27-17-6-4-16(5-7-17)22-15-24(29-3)26-21-13-12-20(14-23(21)25-22)30-19-10-8-18(28-2)9-11-19/h4-14H,15H2,1-3H3. The fraction of sp³-hybridized carbons (Fsp3) is 0.167. The van der Waals surface area contributed by atoms with Crippen LogP contribution in [-0.2, 0) is 0 Å². The van der Waals surface area contributed by atoms with Crippen molar-refractivity contribution in [3.05, 3.63) is 72.3 Å². The van der Waals surface area contributed by atoms with Gasteiger partial charge in [-0.25, -0.2) is 4.99 Å². The second-order valence-corrected chi connectivity index (χ2v) is 8.63. The van der Waals surface area contributed by atoms with Crippen LogP contribution in [0.15, 0.2) is 86.5 Å². The predicted molar refractivity (Wildman–Crippen MR) is 128 cm³/mol. The third kappa shape index (κ3) is 4.71. The molecule has 152 valence electrons. The summed E-state index contributed by atoms with van der Waals surface area (Å²) in [5.74, 6) is 1.69. The van der Waals surface area contributed by atoms with E-state index in [-0.39, 0.29) is 0 Å². The Morgan fingerprint density at radius 2 is 1.37 bits per heavy atom. The van der Waals surface area contributed by atoms with Crippen LogP contribution in [0.2, 0.25) is 0 Å². The Kier molecular flexibility index (Phi) is 6.45. The molecule has 0 atom stereocenters. The summed E-state index contributed by atoms with van der Waals surface area (Å²) >= 11 is 3.37. The van der Waals surface area contributed by atoms with Crippen molar-refractivity contribution in [3.8, 4) is 11.5 Å². The first-order valence-electron chi connectivity index (χ1n) is 9.48. The van der Waals surface area contributed by atoms with E-state index in [0.717, 1.165) is 49.0 Å². The van der Waals surface area contributed by atoms with Crippen LogP contribution < -0.4 is 9.47 Å². The highest BCUT2D eigenvalue weighted by atomic mass is 32.2. The molecule has 0 saturated carbocycles. The Labute approximate surface area is 185 Å². The lowest BCUT2D eigenvalue weighted by atomic mass is 10.1. The molecule has 0 fully saturated rings. The van der Waals surface area contributed by atoms with Gasteiger partial charge in [0.2, 0.25) is 0 Å². The van der Waals surface area contributed by atoms with E-state index in [1.165, 1.54) is 0 Å². The number of benzene rings is 3. The third-order valence-electron chi connectivity index (χ3n) is 4.72. The Morgan fingerprint density at radius 1 is 0.733 bits per heavy atom. The number of hydrogen-bond donors (Lipinski definition) is 0. The topological polar surface area (TPSA) is 43.2 Å². The highest BCUT2D eigenvalue weighted by Crippen LogP contribution is 2.38. The molecule has 3 aromatic carbocycles. The number of aliphatic imine (C=N–C) groups is 2. The summed E-state index contributed by atoms with van der Waals surface area (Å²) in [7, 11) is 3.35. The van der Waals surface area contributed by atoms with Crippen LogP contribution in [0.5, 0.6) is 11.5 Å². The molecule has 0 N–H and O–H groups in total. The fourth-order valence-electron chi connectivity index (χ4n) is 3.10. The summed E-state index contributed by atoms with van der Waals surface area (Å²) in [5.41, 5.74) is 3.89. The number of methoxy groups -OCH3 is 2. The SMILES string of the molecule is COc1ccc(Sc2ccc3c(c2)N=C(c2ccc(OC)cc2)CC(SC)=N3)cc1. The minimum absolute atomic E-state index is 0.711. The molecule has 0 amide bonds. The summed E-state index contributed by atoms with van der Waals surface area (Å²) < 4.78 is 10.5. The molecule has 0 bridgehead atoms. The highest BCUT2D eigenvalue weighted by molar-refractivity contribution is 8.13. The van der Waals surface area contributed by atoms with Gasteiger partial charge in [-0.2, -0.15) is 0 Å². The van der Waals surface area contributed by atoms with Crippen LogP contribution in [-0.4, -0.2) is 31.2 Å². The van der Waals surface area contributed by atoms with Crippen molar-refractivity contribution in [1.82, 2.24) is 0 Å². The van der Waals surface area contributed by atoms with Crippen LogP contribution in [0.1, 0.15) is 12.0 Å². The molecule has 0 aromatic heterocycles. The molecule has 4 nitrogen and oxygen atoms in total. The van der Waals surface area contributed by atoms with Gasteiger partial charge in [-0.05, 0) is 78.5 Å². The lowest BCUT2D eigenvalue weighted by molar-refractivity contribution is 0.414. The minimum atomic E-state index is 0.711. The average molecular weight is 435 g/mol. The van der Waals surface area contributed by atoms with Crippen molar-refractivity contribution in [1.29, 1.82) is 0 Å². The monoisotopic (exact) mass is 434 g/mol. The van der Waals surface area contributed by atoms with Crippen molar-refractivity contribution in [2.75, 3.05) is 20.5 Å². The molecule has 30 heavy (non-hydrogen) atoms. The Hall–Kier alpha value is -2.70. The summed E-state index contributed by atoms with van der Waals surface area (Å²) in [5, 5.41) is 1.05. The second kappa shape index (κ2) is 9.41. The van der Waals surface area contributed by atoms with Crippen LogP contribution in [0, 0.1) is 0 Å². The molecule has 0 aliphatic carbocycles. The highest BCUT2D eigenvalue weighted by Gasteiger charge is 2.15. The van der Waals surface area contributed by atoms with Gasteiger partial charge >= 0.3 is 0 Å². The van der Waals surface area contributed by atoms with Gasteiger partial charge in [0.15, 0.2) is 0 Å². The second-order valence-electron chi connectivity index (χ2n) is 6.60. The number of nitrogens with zero attached hydrogens (tertiary/aromatic N) is 2. The molecule has 4 rings (SSSR count). The smallest absolute Gasteiger partial charge is 0.118 e. The number of hydrogen-bond acceptors (Lipinski definition) is 6. The number of ether oxygens (including phenoxy) is 2. The van der Waals surface area contributed by atoms with Gasteiger partial charge in [-0.1, -0.05) is 11.8 Å². The van der Waals surface area contributed by atoms with Crippen LogP contribution in [0.25, 0.3) is 0 Å². The molecule has 1 aliphatic rings. The van der Waals surface area contributed by atoms with E-state index in [2.05, 4.69) is 48.7 Å². The maximum absolute atomic E-state index is 5.29. The van der Waals surface area contributed by atoms with E-state index in [1.54, 1.807) is 37.7 Å². The van der Waals surface area contributed by atoms with E-state index in [9.17, 15) is 0 Å². The summed E-state index contributed by atoms with van der Waals surface area (Å²) in [6.45, 7) is 0. The number of fused-ring (bicyclic) bond motifs is 1. The molecule has 1 heterocycles. The Bertz CT molecular complexity index is 1090. The van der Waals surface area contributed by atoms with Gasteiger partial charge in [0.25, 0.3) is 0 Å². The van der Waals surface area contributed by atoms with Crippen LogP contribution in [0.3, 0.4) is 0 Å². The van der Waals surface area contributed by atoms with Gasteiger partial charge in [-0.15, -0.1) is 11.8 Å². The Morgan fingerprint density at radius 3 is 2.00 bits per heavy atom. The van der Waals surface area contributed by atoms with Crippen molar-refractivity contribution in [3.63, 3.8) is 0 Å². The zero-order valence-corrected chi connectivity index (χ0v) is 18.7. The van der Waals surface area contributed by atoms with E-state index in [1.807, 2.05) is 24.3 Å². The van der Waals surface area contributed by atoms with Crippen molar-refractivity contribution in [2.45, 2.75) is 16.2 Å². The van der Waals surface area contributed by atoms with Crippen LogP contribution >= 0.6 is 23.5 Å². The van der Waals surface area contributed by atoms with E-state index >= 15 is 0 Å². The largest absolute Gasteiger partial charge is 0.497 e. The van der Waals surface area contributed by atoms with Crippen molar-refractivity contribution >= 4 is 45.7 Å². The summed E-state index contributed by atoms with van der Waals surface area (Å²) in [4.78, 5) is 12.1. The van der Waals surface area contributed by atoms with Gasteiger partial charge < -0.3 is 9.47 Å². The quantitative estimate of drug-likeness (QED) is 0.444. The van der Waals surface area contributed by atoms with Gasteiger partial charge in [0, 0.05) is 16.2 Å². The van der Waals surface area contributed by atoms with Crippen molar-refractivity contribution < 1.29 is 9.47 Å². The molecular weight excluding hydrogens is 412 g/mol. The molecule has 0 spiro atoms. The molecule has 0 unspecified atom stereocenters. The Balaban J connectivity index is 1.68. The fourth-order valence-corrected chi connectivity index (χ4v) is 4.42. The van der Waals surface area contributed by atoms with Gasteiger partial charge in [-0.3, -0.25) is 4.99 Å². The third-order valence-corrected chi connectivity index (χ3v) is 6.42. The van der Waals surface area contributed by atoms with Gasteiger partial charge in [0.05, 0.1) is 36.3 Å². The molecule has 1 aliphatic heterocycles. The first-order chi connectivity index (χ1) is 14.7. The predicted octanol–water partition coefficient (Wildman–Crippen LogP) is 6.77. The zero-order valence-electron chi connectivity index (χ0n) is 17.1. The molecular formula is C24H22N2O2S2. The maximum Gasteiger partial charge on any atom is 0.118 e. The minimum Gasteiger partial charge on any atom is -0.497 e. The lowest BCUT2D eigenvalue weighted by Gasteiger charge is -2.08. The molecule has 3 aromatic rings. The first-order valence-corrected chi connectivity index (χ1v) is 11.5. The van der Waals surface area contributed by atoms with Crippen LogP contribution in [0.4, 0.5) is 11.4 Å². The number of rotatable bonds is 5.